The lowest BCUT2D eigenvalue weighted by Gasteiger charge is -2.45. The van der Waals surface area contributed by atoms with Crippen molar-refractivity contribution in [3.63, 3.8) is 0 Å². The zero-order valence-electron chi connectivity index (χ0n) is 21.7. The number of β-lactam (4-membered cyclic amide) rings is 1. The predicted octanol–water partition coefficient (Wildman–Crippen LogP) is 4.00. The molecule has 202 valence electrons. The molecule has 1 aliphatic rings. The van der Waals surface area contributed by atoms with Gasteiger partial charge < -0.3 is 9.64 Å². The molecule has 1 fully saturated rings. The fraction of sp³-hybridized carbons (Fsp3) is 0.179. The summed E-state index contributed by atoms with van der Waals surface area (Å²) in [5.74, 6) is -0.833. The number of likely N-dealkylation sites (N-methyl/N-ethyl adjacent to an activating group) is 1. The minimum Gasteiger partial charge on any atom is -0.442 e. The second-order valence-corrected chi connectivity index (χ2v) is 12.3. The topological polar surface area (TPSA) is 124 Å². The fourth-order valence-corrected chi connectivity index (χ4v) is 6.98. The van der Waals surface area contributed by atoms with Crippen molar-refractivity contribution in [1.82, 2.24) is 23.8 Å². The van der Waals surface area contributed by atoms with Gasteiger partial charge in [-0.05, 0) is 25.1 Å². The lowest BCUT2D eigenvalue weighted by atomic mass is 9.84. The van der Waals surface area contributed by atoms with Crippen molar-refractivity contribution < 1.29 is 22.7 Å². The second-order valence-electron chi connectivity index (χ2n) is 9.59. The number of carbonyl (C=O) groups is 2. The number of hydrogen-bond acceptors (Lipinski definition) is 9. The Bertz CT molecular complexity index is 1910. The molecule has 0 aliphatic carbocycles. The third kappa shape index (κ3) is 4.07. The number of fused-ring (bicyclic) bond motifs is 1. The first kappa shape index (κ1) is 25.8. The Morgan fingerprint density at radius 3 is 2.55 bits per heavy atom. The van der Waals surface area contributed by atoms with Crippen LogP contribution in [0.4, 0.5) is 0 Å². The molecule has 0 spiro atoms. The number of rotatable bonds is 6. The number of amides is 1. The van der Waals surface area contributed by atoms with Gasteiger partial charge in [0, 0.05) is 49.1 Å². The lowest BCUT2D eigenvalue weighted by molar-refractivity contribution is -0.193. The number of likely N-dealkylation sites (tertiary alicyclic amines) is 1. The summed E-state index contributed by atoms with van der Waals surface area (Å²) in [6, 6.07) is 13.8. The van der Waals surface area contributed by atoms with Crippen LogP contribution in [-0.2, 0) is 30.0 Å². The Labute approximate surface area is 234 Å². The highest BCUT2D eigenvalue weighted by Gasteiger charge is 2.55. The van der Waals surface area contributed by atoms with Gasteiger partial charge in [0.2, 0.25) is 5.60 Å². The molecule has 1 amide bonds. The van der Waals surface area contributed by atoms with Gasteiger partial charge in [0.25, 0.3) is 15.9 Å². The zero-order chi connectivity index (χ0) is 28.2. The summed E-state index contributed by atoms with van der Waals surface area (Å²) in [6.45, 7) is 3.42. The van der Waals surface area contributed by atoms with Crippen LogP contribution in [0.25, 0.3) is 33.0 Å². The fourth-order valence-electron chi connectivity index (χ4n) is 4.83. The van der Waals surface area contributed by atoms with Crippen LogP contribution in [0.1, 0.15) is 18.1 Å². The Balaban J connectivity index is 1.41. The molecule has 1 aliphatic heterocycles. The van der Waals surface area contributed by atoms with Gasteiger partial charge in [-0.15, -0.1) is 11.3 Å². The van der Waals surface area contributed by atoms with E-state index in [0.29, 0.717) is 27.3 Å². The van der Waals surface area contributed by atoms with Crippen molar-refractivity contribution in [1.29, 1.82) is 0 Å². The minimum atomic E-state index is -3.94. The van der Waals surface area contributed by atoms with Crippen LogP contribution >= 0.6 is 11.3 Å². The maximum atomic E-state index is 13.5. The number of hydrogen-bond donors (Lipinski definition) is 0. The molecular weight excluding hydrogens is 550 g/mol. The van der Waals surface area contributed by atoms with Gasteiger partial charge in [-0.25, -0.2) is 22.4 Å². The van der Waals surface area contributed by atoms with E-state index < -0.39 is 21.6 Å². The number of benzene rings is 2. The van der Waals surface area contributed by atoms with Crippen LogP contribution in [0.5, 0.6) is 0 Å². The van der Waals surface area contributed by atoms with E-state index in [9.17, 15) is 18.0 Å². The Kier molecular flexibility index (Phi) is 6.04. The predicted molar refractivity (Wildman–Crippen MR) is 149 cm³/mol. The molecule has 3 aromatic heterocycles. The molecule has 5 aromatic rings. The van der Waals surface area contributed by atoms with Crippen molar-refractivity contribution in [3.8, 4) is 21.8 Å². The van der Waals surface area contributed by atoms with Gasteiger partial charge in [0.15, 0.2) is 5.65 Å². The standard InChI is InChI=1S/C28H23N5O5S2/c1-17-7-9-21(10-8-17)40(36,37)33-14-22(24-25(33)30-12-11-29-24)26-31-23(15-39-26)19-5-4-6-20(13-19)28(38-18(2)34)16-32(3)27(28)35/h4-15H,16H2,1-3H3/t28-/m1/s1. The van der Waals surface area contributed by atoms with E-state index in [1.807, 2.05) is 18.4 Å². The average Bonchev–Trinajstić information content (AvgIpc) is 3.58. The van der Waals surface area contributed by atoms with Gasteiger partial charge in [-0.1, -0.05) is 35.9 Å². The van der Waals surface area contributed by atoms with E-state index in [4.69, 9.17) is 9.72 Å². The van der Waals surface area contributed by atoms with Gasteiger partial charge in [-0.3, -0.25) is 14.6 Å². The molecule has 6 rings (SSSR count). The highest BCUT2D eigenvalue weighted by molar-refractivity contribution is 7.90. The Morgan fingerprint density at radius 1 is 1.10 bits per heavy atom. The largest absolute Gasteiger partial charge is 0.442 e. The summed E-state index contributed by atoms with van der Waals surface area (Å²) in [5.41, 5.74) is 2.62. The molecule has 0 radical (unpaired) electrons. The molecule has 1 atom stereocenters. The lowest BCUT2D eigenvalue weighted by Crippen LogP contribution is -2.64. The maximum absolute atomic E-state index is 13.5. The summed E-state index contributed by atoms with van der Waals surface area (Å²) in [4.78, 5) is 39.7. The monoisotopic (exact) mass is 573 g/mol. The molecule has 2 aromatic carbocycles. The van der Waals surface area contributed by atoms with E-state index in [1.54, 1.807) is 49.5 Å². The molecule has 40 heavy (non-hydrogen) atoms. The van der Waals surface area contributed by atoms with Gasteiger partial charge >= 0.3 is 5.97 Å². The van der Waals surface area contributed by atoms with Gasteiger partial charge in [0.1, 0.15) is 10.5 Å². The molecule has 1 saturated heterocycles. The molecular formula is C28H23N5O5S2. The summed E-state index contributed by atoms with van der Waals surface area (Å²) in [5, 5.41) is 2.40. The van der Waals surface area contributed by atoms with Crippen LogP contribution in [0.15, 0.2) is 77.4 Å². The first-order valence-electron chi connectivity index (χ1n) is 12.3. The van der Waals surface area contributed by atoms with Crippen molar-refractivity contribution in [2.24, 2.45) is 0 Å². The summed E-state index contributed by atoms with van der Waals surface area (Å²) < 4.78 is 33.7. The SMILES string of the molecule is CC(=O)O[C@@]1(c2cccc(-c3csc(-c4cn(S(=O)(=O)c5ccc(C)cc5)c5nccnc45)n3)c2)CN(C)C1=O. The molecule has 0 saturated carbocycles. The Hall–Kier alpha value is -4.42. The molecule has 0 bridgehead atoms. The quantitative estimate of drug-likeness (QED) is 0.221. The van der Waals surface area contributed by atoms with Crippen LogP contribution in [0.3, 0.4) is 0 Å². The van der Waals surface area contributed by atoms with E-state index in [0.717, 1.165) is 15.1 Å². The van der Waals surface area contributed by atoms with Crippen molar-refractivity contribution in [2.45, 2.75) is 24.3 Å². The molecule has 10 nitrogen and oxygen atoms in total. The summed E-state index contributed by atoms with van der Waals surface area (Å²) in [7, 11) is -2.29. The summed E-state index contributed by atoms with van der Waals surface area (Å²) >= 11 is 1.33. The Morgan fingerprint density at radius 2 is 1.85 bits per heavy atom. The van der Waals surface area contributed by atoms with E-state index in [1.165, 1.54) is 41.8 Å². The first-order chi connectivity index (χ1) is 19.1. The molecule has 4 heterocycles. The normalized spacial score (nSPS) is 17.2. The number of aryl methyl sites for hydroxylation is 1. The van der Waals surface area contributed by atoms with Gasteiger partial charge in [0.05, 0.1) is 22.7 Å². The van der Waals surface area contributed by atoms with Crippen LogP contribution in [-0.4, -0.2) is 57.7 Å². The number of ether oxygens (including phenoxy) is 1. The van der Waals surface area contributed by atoms with Crippen molar-refractivity contribution in [2.75, 3.05) is 13.6 Å². The highest BCUT2D eigenvalue weighted by Crippen LogP contribution is 2.39. The molecule has 12 heteroatoms. The number of nitrogens with zero attached hydrogens (tertiary/aromatic N) is 5. The smallest absolute Gasteiger partial charge is 0.304 e. The third-order valence-corrected chi connectivity index (χ3v) is 9.34. The summed E-state index contributed by atoms with van der Waals surface area (Å²) in [6.07, 6.45) is 4.45. The molecule has 0 N–H and O–H groups in total. The van der Waals surface area contributed by atoms with Crippen molar-refractivity contribution in [3.05, 3.63) is 83.6 Å². The zero-order valence-corrected chi connectivity index (χ0v) is 23.4. The maximum Gasteiger partial charge on any atom is 0.304 e. The van der Waals surface area contributed by atoms with E-state index in [2.05, 4.69) is 9.97 Å². The number of esters is 1. The number of thiazole rings is 1. The van der Waals surface area contributed by atoms with Crippen LogP contribution in [0.2, 0.25) is 0 Å². The molecule has 0 unspecified atom stereocenters. The van der Waals surface area contributed by atoms with Crippen LogP contribution < -0.4 is 0 Å². The second kappa shape index (κ2) is 9.35. The van der Waals surface area contributed by atoms with Gasteiger partial charge in [-0.2, -0.15) is 0 Å². The third-order valence-electron chi connectivity index (χ3n) is 6.80. The van der Waals surface area contributed by atoms with Crippen LogP contribution in [0, 0.1) is 6.92 Å². The van der Waals surface area contributed by atoms with E-state index in [-0.39, 0.29) is 23.0 Å². The van der Waals surface area contributed by atoms with Crippen molar-refractivity contribution >= 4 is 44.4 Å². The number of aromatic nitrogens is 4. The number of carbonyl (C=O) groups excluding carboxylic acids is 2. The minimum absolute atomic E-state index is 0.141. The first-order valence-corrected chi connectivity index (χ1v) is 14.6. The average molecular weight is 574 g/mol. The van der Waals surface area contributed by atoms with E-state index >= 15 is 0 Å². The highest BCUT2D eigenvalue weighted by atomic mass is 32.2.